The molecule has 2 rings (SSSR count). The summed E-state index contributed by atoms with van der Waals surface area (Å²) in [6.07, 6.45) is 0.607. The number of hydrogen-bond donors (Lipinski definition) is 1. The van der Waals surface area contributed by atoms with Gasteiger partial charge in [0.15, 0.2) is 0 Å². The lowest BCUT2D eigenvalue weighted by Crippen LogP contribution is -2.37. The van der Waals surface area contributed by atoms with Crippen molar-refractivity contribution in [3.05, 3.63) is 32.8 Å². The van der Waals surface area contributed by atoms with Crippen LogP contribution in [0.3, 0.4) is 0 Å². The molecular formula is C12H14BrN3O3. The Labute approximate surface area is 118 Å². The number of nitrogens with zero attached hydrogens (tertiary/aromatic N) is 2. The minimum atomic E-state index is -0.624. The van der Waals surface area contributed by atoms with E-state index < -0.39 is 10.3 Å². The number of nitrogens with two attached hydrogens (primary N) is 1. The van der Waals surface area contributed by atoms with Crippen molar-refractivity contribution in [3.8, 4) is 0 Å². The number of hydrogen-bond acceptors (Lipinski definition) is 4. The highest BCUT2D eigenvalue weighted by Crippen LogP contribution is 2.38. The van der Waals surface area contributed by atoms with Crippen molar-refractivity contribution in [1.29, 1.82) is 0 Å². The van der Waals surface area contributed by atoms with Crippen molar-refractivity contribution >= 4 is 33.2 Å². The summed E-state index contributed by atoms with van der Waals surface area (Å²) < 4.78 is 0.653. The zero-order valence-corrected chi connectivity index (χ0v) is 12.0. The van der Waals surface area contributed by atoms with Gasteiger partial charge >= 0.3 is 0 Å². The van der Waals surface area contributed by atoms with Gasteiger partial charge in [0, 0.05) is 23.6 Å². The molecule has 1 aliphatic heterocycles. The molecule has 7 heteroatoms. The fourth-order valence-electron chi connectivity index (χ4n) is 2.28. The molecule has 1 amide bonds. The molecule has 0 aromatic heterocycles. The third-order valence-electron chi connectivity index (χ3n) is 3.54. The van der Waals surface area contributed by atoms with Crippen LogP contribution in [-0.4, -0.2) is 23.9 Å². The van der Waals surface area contributed by atoms with Crippen LogP contribution in [-0.2, 0) is 4.79 Å². The number of primary amides is 1. The predicted octanol–water partition coefficient (Wildman–Crippen LogP) is 2.06. The van der Waals surface area contributed by atoms with Gasteiger partial charge in [-0.2, -0.15) is 0 Å². The molecule has 1 aromatic carbocycles. The van der Waals surface area contributed by atoms with E-state index in [1.54, 1.807) is 19.1 Å². The lowest BCUT2D eigenvalue weighted by molar-refractivity contribution is -0.384. The SMILES string of the molecule is CC1(C(N)=O)CCN(c2ccc(Br)cc2[N+](=O)[O-])C1. The van der Waals surface area contributed by atoms with Crippen LogP contribution < -0.4 is 10.6 Å². The van der Waals surface area contributed by atoms with Gasteiger partial charge in [0.2, 0.25) is 5.91 Å². The summed E-state index contributed by atoms with van der Waals surface area (Å²) in [6, 6.07) is 4.91. The molecule has 2 N–H and O–H groups in total. The maximum absolute atomic E-state index is 11.4. The summed E-state index contributed by atoms with van der Waals surface area (Å²) in [4.78, 5) is 23.9. The van der Waals surface area contributed by atoms with Gasteiger partial charge < -0.3 is 10.6 Å². The number of carbonyl (C=O) groups excluding carboxylic acids is 1. The van der Waals surface area contributed by atoms with E-state index in [0.717, 1.165) is 0 Å². The first-order valence-corrected chi connectivity index (χ1v) is 6.61. The number of benzene rings is 1. The summed E-state index contributed by atoms with van der Waals surface area (Å²) >= 11 is 3.22. The van der Waals surface area contributed by atoms with Crippen molar-refractivity contribution in [2.45, 2.75) is 13.3 Å². The molecule has 1 heterocycles. The fourth-order valence-corrected chi connectivity index (χ4v) is 2.63. The number of rotatable bonds is 3. The molecule has 1 saturated heterocycles. The Morgan fingerprint density at radius 3 is 2.79 bits per heavy atom. The molecule has 1 fully saturated rings. The molecule has 1 unspecified atom stereocenters. The van der Waals surface area contributed by atoms with Crippen LogP contribution in [0.5, 0.6) is 0 Å². The standard InChI is InChI=1S/C12H14BrN3O3/c1-12(11(14)17)4-5-15(7-12)9-3-2-8(13)6-10(9)16(18)19/h2-3,6H,4-5,7H2,1H3,(H2,14,17). The van der Waals surface area contributed by atoms with Crippen molar-refractivity contribution in [2.24, 2.45) is 11.1 Å². The smallest absolute Gasteiger partial charge is 0.293 e. The number of nitro benzene ring substituents is 1. The third kappa shape index (κ3) is 2.56. The third-order valence-corrected chi connectivity index (χ3v) is 4.04. The maximum Gasteiger partial charge on any atom is 0.293 e. The molecule has 0 spiro atoms. The Hall–Kier alpha value is -1.63. The van der Waals surface area contributed by atoms with E-state index in [1.165, 1.54) is 6.07 Å². The lowest BCUT2D eigenvalue weighted by Gasteiger charge is -2.22. The average Bonchev–Trinajstić information content (AvgIpc) is 2.73. The van der Waals surface area contributed by atoms with E-state index in [9.17, 15) is 14.9 Å². The maximum atomic E-state index is 11.4. The molecule has 1 aliphatic rings. The molecule has 0 bridgehead atoms. The van der Waals surface area contributed by atoms with Gasteiger partial charge in [-0.3, -0.25) is 14.9 Å². The van der Waals surface area contributed by atoms with E-state index >= 15 is 0 Å². The Kier molecular flexibility index (Phi) is 3.49. The number of amides is 1. The van der Waals surface area contributed by atoms with E-state index in [0.29, 0.717) is 29.7 Å². The topological polar surface area (TPSA) is 89.5 Å². The summed E-state index contributed by atoms with van der Waals surface area (Å²) in [5.41, 5.74) is 5.32. The molecule has 19 heavy (non-hydrogen) atoms. The lowest BCUT2D eigenvalue weighted by atomic mass is 9.89. The molecule has 0 radical (unpaired) electrons. The van der Waals surface area contributed by atoms with Gasteiger partial charge in [0.1, 0.15) is 5.69 Å². The van der Waals surface area contributed by atoms with Gasteiger partial charge in [0.25, 0.3) is 5.69 Å². The Morgan fingerprint density at radius 1 is 1.58 bits per heavy atom. The normalized spacial score (nSPS) is 22.5. The van der Waals surface area contributed by atoms with Crippen LogP contribution in [0.2, 0.25) is 0 Å². The van der Waals surface area contributed by atoms with Crippen LogP contribution in [0, 0.1) is 15.5 Å². The second-order valence-electron chi connectivity index (χ2n) is 4.99. The van der Waals surface area contributed by atoms with Gasteiger partial charge in [0.05, 0.1) is 10.3 Å². The molecule has 6 nitrogen and oxygen atoms in total. The first kappa shape index (κ1) is 13.8. The summed E-state index contributed by atoms with van der Waals surface area (Å²) in [5, 5.41) is 11.1. The molecule has 0 saturated carbocycles. The predicted molar refractivity (Wildman–Crippen MR) is 74.9 cm³/mol. The van der Waals surface area contributed by atoms with Crippen LogP contribution in [0.25, 0.3) is 0 Å². The van der Waals surface area contributed by atoms with Crippen LogP contribution in [0.1, 0.15) is 13.3 Å². The van der Waals surface area contributed by atoms with Crippen molar-refractivity contribution in [1.82, 2.24) is 0 Å². The molecule has 1 aromatic rings. The van der Waals surface area contributed by atoms with Crippen LogP contribution >= 0.6 is 15.9 Å². The van der Waals surface area contributed by atoms with E-state index in [-0.39, 0.29) is 11.6 Å². The Morgan fingerprint density at radius 2 is 2.26 bits per heavy atom. The summed E-state index contributed by atoms with van der Waals surface area (Å²) in [7, 11) is 0. The van der Waals surface area contributed by atoms with Gasteiger partial charge in [-0.15, -0.1) is 0 Å². The Bertz CT molecular complexity index is 549. The molecule has 102 valence electrons. The minimum absolute atomic E-state index is 0.0306. The van der Waals surface area contributed by atoms with Gasteiger partial charge in [-0.1, -0.05) is 15.9 Å². The van der Waals surface area contributed by atoms with E-state index in [4.69, 9.17) is 5.73 Å². The minimum Gasteiger partial charge on any atom is -0.369 e. The first-order chi connectivity index (χ1) is 8.83. The summed E-state index contributed by atoms with van der Waals surface area (Å²) in [6.45, 7) is 2.78. The van der Waals surface area contributed by atoms with Gasteiger partial charge in [-0.05, 0) is 25.5 Å². The van der Waals surface area contributed by atoms with E-state index in [1.807, 2.05) is 4.90 Å². The van der Waals surface area contributed by atoms with Crippen molar-refractivity contribution in [3.63, 3.8) is 0 Å². The molecule has 1 atom stereocenters. The monoisotopic (exact) mass is 327 g/mol. The highest BCUT2D eigenvalue weighted by Gasteiger charge is 2.40. The highest BCUT2D eigenvalue weighted by atomic mass is 79.9. The number of anilines is 1. The highest BCUT2D eigenvalue weighted by molar-refractivity contribution is 9.10. The van der Waals surface area contributed by atoms with Crippen LogP contribution in [0.4, 0.5) is 11.4 Å². The zero-order chi connectivity index (χ0) is 14.2. The van der Waals surface area contributed by atoms with Gasteiger partial charge in [-0.25, -0.2) is 0 Å². The second kappa shape index (κ2) is 4.80. The zero-order valence-electron chi connectivity index (χ0n) is 10.4. The fraction of sp³-hybridized carbons (Fsp3) is 0.417. The van der Waals surface area contributed by atoms with E-state index in [2.05, 4.69) is 15.9 Å². The number of nitro groups is 1. The molecular weight excluding hydrogens is 314 g/mol. The average molecular weight is 328 g/mol. The number of carbonyl (C=O) groups is 1. The van der Waals surface area contributed by atoms with Crippen LogP contribution in [0.15, 0.2) is 22.7 Å². The first-order valence-electron chi connectivity index (χ1n) is 5.82. The molecule has 0 aliphatic carbocycles. The second-order valence-corrected chi connectivity index (χ2v) is 5.90. The Balaban J connectivity index is 2.34. The van der Waals surface area contributed by atoms with Crippen molar-refractivity contribution < 1.29 is 9.72 Å². The van der Waals surface area contributed by atoms with Crippen molar-refractivity contribution in [2.75, 3.05) is 18.0 Å². The number of halogens is 1. The quantitative estimate of drug-likeness (QED) is 0.679. The largest absolute Gasteiger partial charge is 0.369 e. The summed E-state index contributed by atoms with van der Waals surface area (Å²) in [5.74, 6) is -0.366.